The van der Waals surface area contributed by atoms with Gasteiger partial charge in [-0.15, -0.1) is 0 Å². The Balaban J connectivity index is 2.01. The number of halogens is 2. The molecule has 2 rings (SSSR count). The molecule has 1 aromatic carbocycles. The Morgan fingerprint density at radius 1 is 1.25 bits per heavy atom. The van der Waals surface area contributed by atoms with Gasteiger partial charge in [-0.3, -0.25) is 0 Å². The Kier molecular flexibility index (Phi) is 6.33. The van der Waals surface area contributed by atoms with Crippen molar-refractivity contribution in [2.75, 3.05) is 13.2 Å². The predicted octanol–water partition coefficient (Wildman–Crippen LogP) is 4.14. The lowest BCUT2D eigenvalue weighted by Crippen LogP contribution is -2.61. The molecule has 0 saturated heterocycles. The molecule has 1 aliphatic carbocycles. The summed E-state index contributed by atoms with van der Waals surface area (Å²) in [6, 6.07) is 6.36. The van der Waals surface area contributed by atoms with Crippen LogP contribution in [0.5, 0.6) is 5.75 Å². The van der Waals surface area contributed by atoms with E-state index in [9.17, 15) is 0 Å². The molecule has 3 nitrogen and oxygen atoms in total. The fourth-order valence-corrected chi connectivity index (χ4v) is 3.57. The highest BCUT2D eigenvalue weighted by Gasteiger charge is 2.43. The summed E-state index contributed by atoms with van der Waals surface area (Å²) in [6.45, 7) is 5.99. The second-order valence-electron chi connectivity index (χ2n) is 4.94. The van der Waals surface area contributed by atoms with E-state index in [0.29, 0.717) is 6.04 Å². The maximum atomic E-state index is 6.14. The fraction of sp³-hybridized carbons (Fsp3) is 0.600. The van der Waals surface area contributed by atoms with Gasteiger partial charge >= 0.3 is 0 Å². The minimum Gasteiger partial charge on any atom is -0.485 e. The molecule has 3 atom stereocenters. The van der Waals surface area contributed by atoms with Crippen LogP contribution >= 0.6 is 31.9 Å². The van der Waals surface area contributed by atoms with Crippen molar-refractivity contribution in [2.24, 2.45) is 0 Å². The standard InChI is InChI=1S/C15H21Br2NO2/c1-3-8-19-15-12(18-4-2)9-13(15)20-14-10(16)6-5-7-11(14)17/h5-7,12-13,15,18H,3-4,8-9H2,1-2H3. The first-order valence-corrected chi connectivity index (χ1v) is 8.71. The SMILES string of the molecule is CCCOC1C(NCC)CC1Oc1c(Br)cccc1Br. The summed E-state index contributed by atoms with van der Waals surface area (Å²) >= 11 is 7.07. The fourth-order valence-electron chi connectivity index (χ4n) is 2.38. The molecule has 0 heterocycles. The van der Waals surface area contributed by atoms with E-state index in [1.165, 1.54) is 0 Å². The van der Waals surface area contributed by atoms with Gasteiger partial charge in [0.15, 0.2) is 0 Å². The summed E-state index contributed by atoms with van der Waals surface area (Å²) in [5.74, 6) is 0.859. The molecule has 0 radical (unpaired) electrons. The molecule has 20 heavy (non-hydrogen) atoms. The van der Waals surface area contributed by atoms with Crippen molar-refractivity contribution in [3.8, 4) is 5.75 Å². The lowest BCUT2D eigenvalue weighted by Gasteiger charge is -2.44. The average molecular weight is 407 g/mol. The van der Waals surface area contributed by atoms with Gasteiger partial charge in [0.1, 0.15) is 18.0 Å². The smallest absolute Gasteiger partial charge is 0.148 e. The number of para-hydroxylation sites is 1. The second kappa shape index (κ2) is 7.78. The molecular formula is C15H21Br2NO2. The molecule has 0 aliphatic heterocycles. The maximum Gasteiger partial charge on any atom is 0.148 e. The number of ether oxygens (including phenoxy) is 2. The quantitative estimate of drug-likeness (QED) is 0.738. The van der Waals surface area contributed by atoms with Crippen LogP contribution in [0.1, 0.15) is 26.7 Å². The number of nitrogens with one attached hydrogen (secondary N) is 1. The first kappa shape index (κ1) is 16.3. The van der Waals surface area contributed by atoms with Crippen molar-refractivity contribution in [3.63, 3.8) is 0 Å². The van der Waals surface area contributed by atoms with E-state index in [1.54, 1.807) is 0 Å². The monoisotopic (exact) mass is 405 g/mol. The zero-order valence-corrected chi connectivity index (χ0v) is 15.0. The number of likely N-dealkylation sites (N-methyl/N-ethyl adjacent to an activating group) is 1. The number of rotatable bonds is 7. The minimum absolute atomic E-state index is 0.112. The lowest BCUT2D eigenvalue weighted by molar-refractivity contribution is -0.108. The Labute approximate surface area is 137 Å². The minimum atomic E-state index is 0.112. The molecule has 3 unspecified atom stereocenters. The Morgan fingerprint density at radius 2 is 1.95 bits per heavy atom. The number of benzene rings is 1. The normalized spacial score (nSPS) is 25.3. The zero-order chi connectivity index (χ0) is 14.5. The van der Waals surface area contributed by atoms with Crippen molar-refractivity contribution in [1.29, 1.82) is 0 Å². The molecule has 1 saturated carbocycles. The molecular weight excluding hydrogens is 386 g/mol. The van der Waals surface area contributed by atoms with Crippen LogP contribution in [0.25, 0.3) is 0 Å². The van der Waals surface area contributed by atoms with Crippen molar-refractivity contribution >= 4 is 31.9 Å². The van der Waals surface area contributed by atoms with Crippen molar-refractivity contribution < 1.29 is 9.47 Å². The molecule has 0 bridgehead atoms. The topological polar surface area (TPSA) is 30.5 Å². The van der Waals surface area contributed by atoms with Crippen LogP contribution in [-0.4, -0.2) is 31.4 Å². The van der Waals surface area contributed by atoms with Crippen molar-refractivity contribution in [3.05, 3.63) is 27.1 Å². The maximum absolute atomic E-state index is 6.14. The molecule has 0 amide bonds. The molecule has 1 aromatic rings. The highest BCUT2D eigenvalue weighted by molar-refractivity contribution is 9.11. The van der Waals surface area contributed by atoms with Crippen LogP contribution in [0.4, 0.5) is 0 Å². The van der Waals surface area contributed by atoms with Gasteiger partial charge in [-0.25, -0.2) is 0 Å². The Hall–Kier alpha value is -0.100. The lowest BCUT2D eigenvalue weighted by atomic mass is 9.85. The van der Waals surface area contributed by atoms with Crippen LogP contribution in [-0.2, 0) is 4.74 Å². The van der Waals surface area contributed by atoms with E-state index in [4.69, 9.17) is 9.47 Å². The van der Waals surface area contributed by atoms with Crippen LogP contribution < -0.4 is 10.1 Å². The largest absolute Gasteiger partial charge is 0.485 e. The van der Waals surface area contributed by atoms with E-state index >= 15 is 0 Å². The van der Waals surface area contributed by atoms with Gasteiger partial charge in [0, 0.05) is 19.1 Å². The summed E-state index contributed by atoms with van der Waals surface area (Å²) in [4.78, 5) is 0. The van der Waals surface area contributed by atoms with Gasteiger partial charge in [-0.05, 0) is 57.0 Å². The third kappa shape index (κ3) is 3.75. The van der Waals surface area contributed by atoms with Crippen molar-refractivity contribution in [2.45, 2.75) is 44.9 Å². The summed E-state index contributed by atoms with van der Waals surface area (Å²) in [7, 11) is 0. The number of hydrogen-bond donors (Lipinski definition) is 1. The highest BCUT2D eigenvalue weighted by atomic mass is 79.9. The Bertz CT molecular complexity index is 422. The predicted molar refractivity (Wildman–Crippen MR) is 88.4 cm³/mol. The molecule has 112 valence electrons. The van der Waals surface area contributed by atoms with Gasteiger partial charge in [0.05, 0.1) is 8.95 Å². The zero-order valence-electron chi connectivity index (χ0n) is 11.9. The molecule has 1 N–H and O–H groups in total. The van der Waals surface area contributed by atoms with Crippen LogP contribution in [0.3, 0.4) is 0 Å². The summed E-state index contributed by atoms with van der Waals surface area (Å²) in [5, 5.41) is 3.46. The van der Waals surface area contributed by atoms with Gasteiger partial charge in [-0.1, -0.05) is 19.9 Å². The van der Waals surface area contributed by atoms with Gasteiger partial charge in [-0.2, -0.15) is 0 Å². The molecule has 0 aromatic heterocycles. The summed E-state index contributed by atoms with van der Waals surface area (Å²) in [6.07, 6.45) is 2.26. The van der Waals surface area contributed by atoms with E-state index in [-0.39, 0.29) is 12.2 Å². The van der Waals surface area contributed by atoms with Crippen LogP contribution in [0.15, 0.2) is 27.1 Å². The summed E-state index contributed by atoms with van der Waals surface area (Å²) < 4.78 is 14.0. The van der Waals surface area contributed by atoms with Gasteiger partial charge in [0.2, 0.25) is 0 Å². The van der Waals surface area contributed by atoms with E-state index in [2.05, 4.69) is 51.0 Å². The molecule has 0 spiro atoms. The summed E-state index contributed by atoms with van der Waals surface area (Å²) in [5.41, 5.74) is 0. The number of hydrogen-bond acceptors (Lipinski definition) is 3. The van der Waals surface area contributed by atoms with Gasteiger partial charge < -0.3 is 14.8 Å². The molecule has 1 fully saturated rings. The van der Waals surface area contributed by atoms with Crippen LogP contribution in [0, 0.1) is 0 Å². The van der Waals surface area contributed by atoms with E-state index < -0.39 is 0 Å². The third-order valence-electron chi connectivity index (χ3n) is 3.42. The first-order chi connectivity index (χ1) is 9.67. The van der Waals surface area contributed by atoms with Gasteiger partial charge in [0.25, 0.3) is 0 Å². The average Bonchev–Trinajstić information content (AvgIpc) is 2.41. The van der Waals surface area contributed by atoms with Crippen molar-refractivity contribution in [1.82, 2.24) is 5.32 Å². The Morgan fingerprint density at radius 3 is 2.55 bits per heavy atom. The molecule has 5 heteroatoms. The van der Waals surface area contributed by atoms with E-state index in [0.717, 1.165) is 40.7 Å². The molecule has 1 aliphatic rings. The highest BCUT2D eigenvalue weighted by Crippen LogP contribution is 2.37. The first-order valence-electron chi connectivity index (χ1n) is 7.13. The third-order valence-corrected chi connectivity index (χ3v) is 4.67. The second-order valence-corrected chi connectivity index (χ2v) is 6.65. The van der Waals surface area contributed by atoms with E-state index in [1.807, 2.05) is 18.2 Å². The van der Waals surface area contributed by atoms with Crippen LogP contribution in [0.2, 0.25) is 0 Å².